The zero-order valence-electron chi connectivity index (χ0n) is 9.16. The van der Waals surface area contributed by atoms with E-state index in [1.54, 1.807) is 0 Å². The third-order valence-corrected chi connectivity index (χ3v) is 3.44. The van der Waals surface area contributed by atoms with Gasteiger partial charge in [0.25, 0.3) is 0 Å². The van der Waals surface area contributed by atoms with E-state index >= 15 is 0 Å². The maximum atomic E-state index is 5.91. The molecule has 0 aromatic heterocycles. The van der Waals surface area contributed by atoms with Crippen molar-refractivity contribution in [2.45, 2.75) is 24.8 Å². The lowest BCUT2D eigenvalue weighted by atomic mass is 9.76. The average molecular weight is 196 g/mol. The summed E-state index contributed by atoms with van der Waals surface area (Å²) in [4.78, 5) is 8.88. The van der Waals surface area contributed by atoms with E-state index in [2.05, 4.69) is 28.9 Å². The van der Waals surface area contributed by atoms with E-state index in [4.69, 9.17) is 5.73 Å². The summed E-state index contributed by atoms with van der Waals surface area (Å²) in [7, 11) is 4.19. The predicted molar refractivity (Wildman–Crippen MR) is 58.3 cm³/mol. The van der Waals surface area contributed by atoms with Crippen molar-refractivity contribution in [3.8, 4) is 0 Å². The Morgan fingerprint density at radius 2 is 2.21 bits per heavy atom. The maximum absolute atomic E-state index is 5.91. The molecule has 1 aliphatic heterocycles. The second-order valence-electron chi connectivity index (χ2n) is 4.71. The summed E-state index contributed by atoms with van der Waals surface area (Å²) >= 11 is 0. The normalized spacial score (nSPS) is 24.2. The number of likely N-dealkylation sites (N-methyl/N-ethyl adjacent to an activating group) is 1. The maximum Gasteiger partial charge on any atom is 0.191 e. The van der Waals surface area contributed by atoms with Gasteiger partial charge in [-0.25, -0.2) is 0 Å². The molecule has 1 saturated carbocycles. The second-order valence-corrected chi connectivity index (χ2v) is 4.71. The third kappa shape index (κ3) is 1.47. The molecule has 1 heterocycles. The van der Waals surface area contributed by atoms with Crippen LogP contribution in [0.25, 0.3) is 0 Å². The van der Waals surface area contributed by atoms with Crippen molar-refractivity contribution in [2.75, 3.05) is 33.7 Å². The number of nitrogens with zero attached hydrogens (tertiary/aromatic N) is 3. The molecular formula is C10H20N4. The highest BCUT2D eigenvalue weighted by molar-refractivity contribution is 5.81. The van der Waals surface area contributed by atoms with Crippen molar-refractivity contribution in [2.24, 2.45) is 10.7 Å². The van der Waals surface area contributed by atoms with Gasteiger partial charge in [0.2, 0.25) is 0 Å². The molecule has 0 radical (unpaired) electrons. The molecule has 0 atom stereocenters. The number of guanidine groups is 1. The highest BCUT2D eigenvalue weighted by Gasteiger charge is 2.46. The van der Waals surface area contributed by atoms with Gasteiger partial charge in [0.05, 0.1) is 12.1 Å². The summed E-state index contributed by atoms with van der Waals surface area (Å²) in [6.07, 6.45) is 3.87. The molecule has 1 fully saturated rings. The van der Waals surface area contributed by atoms with Crippen molar-refractivity contribution in [3.63, 3.8) is 0 Å². The number of hydrogen-bond acceptors (Lipinski definition) is 4. The van der Waals surface area contributed by atoms with E-state index in [-0.39, 0.29) is 0 Å². The highest BCUT2D eigenvalue weighted by atomic mass is 15.4. The van der Waals surface area contributed by atoms with Crippen LogP contribution in [0.15, 0.2) is 4.99 Å². The van der Waals surface area contributed by atoms with Crippen molar-refractivity contribution in [1.29, 1.82) is 0 Å². The molecule has 0 aromatic rings. The van der Waals surface area contributed by atoms with E-state index < -0.39 is 0 Å². The lowest BCUT2D eigenvalue weighted by molar-refractivity contribution is 0.0953. The number of hydrogen-bond donors (Lipinski definition) is 1. The first-order chi connectivity index (χ1) is 6.64. The van der Waals surface area contributed by atoms with Crippen LogP contribution in [0.3, 0.4) is 0 Å². The van der Waals surface area contributed by atoms with E-state index in [1.165, 1.54) is 19.3 Å². The molecule has 1 spiro atoms. The minimum absolute atomic E-state index is 0.320. The number of nitrogens with two attached hydrogens (primary N) is 1. The standard InChI is InChI=1S/C10H20N4/c1-13(2)6-7-14-9(11)12-8-10(14)4-3-5-10/h3-8H2,1-2H3,(H2,11,12). The van der Waals surface area contributed by atoms with E-state index in [9.17, 15) is 0 Å². The Bertz CT molecular complexity index is 243. The van der Waals surface area contributed by atoms with Gasteiger partial charge in [-0.2, -0.15) is 0 Å². The smallest absolute Gasteiger partial charge is 0.191 e. The predicted octanol–water partition coefficient (Wildman–Crippen LogP) is 0.101. The van der Waals surface area contributed by atoms with E-state index in [1.807, 2.05) is 0 Å². The quantitative estimate of drug-likeness (QED) is 0.696. The summed E-state index contributed by atoms with van der Waals surface area (Å²) in [6, 6.07) is 0. The Hall–Kier alpha value is -0.770. The minimum atomic E-state index is 0.320. The number of rotatable bonds is 3. The number of aliphatic imine (C=N–C) groups is 1. The Labute approximate surface area is 85.8 Å². The van der Waals surface area contributed by atoms with Crippen LogP contribution in [0.1, 0.15) is 19.3 Å². The molecule has 2 N–H and O–H groups in total. The molecule has 0 aromatic carbocycles. The monoisotopic (exact) mass is 196 g/mol. The first-order valence-corrected chi connectivity index (χ1v) is 5.36. The summed E-state index contributed by atoms with van der Waals surface area (Å²) in [6.45, 7) is 2.99. The third-order valence-electron chi connectivity index (χ3n) is 3.44. The molecule has 0 unspecified atom stereocenters. The largest absolute Gasteiger partial charge is 0.370 e. The Morgan fingerprint density at radius 1 is 1.50 bits per heavy atom. The van der Waals surface area contributed by atoms with Crippen LogP contribution >= 0.6 is 0 Å². The molecule has 14 heavy (non-hydrogen) atoms. The van der Waals surface area contributed by atoms with Crippen LogP contribution in [0.2, 0.25) is 0 Å². The average Bonchev–Trinajstić information content (AvgIpc) is 2.38. The molecule has 4 nitrogen and oxygen atoms in total. The lowest BCUT2D eigenvalue weighted by Gasteiger charge is -2.46. The van der Waals surface area contributed by atoms with E-state index in [0.717, 1.165) is 25.6 Å². The van der Waals surface area contributed by atoms with Gasteiger partial charge in [0.1, 0.15) is 0 Å². The molecule has 1 aliphatic carbocycles. The summed E-state index contributed by atoms with van der Waals surface area (Å²) in [5.74, 6) is 0.756. The van der Waals surface area contributed by atoms with Crippen LogP contribution in [-0.2, 0) is 0 Å². The van der Waals surface area contributed by atoms with Gasteiger partial charge in [-0.1, -0.05) is 0 Å². The first-order valence-electron chi connectivity index (χ1n) is 5.36. The minimum Gasteiger partial charge on any atom is -0.370 e. The molecule has 80 valence electrons. The van der Waals surface area contributed by atoms with Crippen molar-refractivity contribution in [1.82, 2.24) is 9.80 Å². The van der Waals surface area contributed by atoms with Crippen LogP contribution in [0, 0.1) is 0 Å². The molecule has 0 bridgehead atoms. The summed E-state index contributed by atoms with van der Waals surface area (Å²) in [5.41, 5.74) is 6.23. The van der Waals surface area contributed by atoms with Gasteiger partial charge in [-0.15, -0.1) is 0 Å². The topological polar surface area (TPSA) is 44.9 Å². The van der Waals surface area contributed by atoms with Gasteiger partial charge < -0.3 is 15.5 Å². The van der Waals surface area contributed by atoms with E-state index in [0.29, 0.717) is 5.54 Å². The van der Waals surface area contributed by atoms with Crippen molar-refractivity contribution >= 4 is 5.96 Å². The molecule has 2 aliphatic rings. The second kappa shape index (κ2) is 3.42. The Morgan fingerprint density at radius 3 is 2.71 bits per heavy atom. The zero-order valence-corrected chi connectivity index (χ0v) is 9.16. The van der Waals surface area contributed by atoms with Gasteiger partial charge in [0.15, 0.2) is 5.96 Å². The van der Waals surface area contributed by atoms with Crippen LogP contribution in [0.5, 0.6) is 0 Å². The van der Waals surface area contributed by atoms with Crippen molar-refractivity contribution in [3.05, 3.63) is 0 Å². The van der Waals surface area contributed by atoms with Gasteiger partial charge in [-0.05, 0) is 33.4 Å². The summed E-state index contributed by atoms with van der Waals surface area (Å²) in [5, 5.41) is 0. The first kappa shape index (κ1) is 9.77. The molecular weight excluding hydrogens is 176 g/mol. The Kier molecular flexibility index (Phi) is 2.39. The van der Waals surface area contributed by atoms with Gasteiger partial charge >= 0.3 is 0 Å². The Balaban J connectivity index is 1.96. The highest BCUT2D eigenvalue weighted by Crippen LogP contribution is 2.40. The SMILES string of the molecule is CN(C)CCN1C(N)=NCC12CCC2. The lowest BCUT2D eigenvalue weighted by Crippen LogP contribution is -2.57. The molecule has 0 saturated heterocycles. The van der Waals surface area contributed by atoms with Crippen molar-refractivity contribution < 1.29 is 0 Å². The zero-order chi connectivity index (χ0) is 10.2. The van der Waals surface area contributed by atoms with Crippen LogP contribution < -0.4 is 5.73 Å². The fourth-order valence-corrected chi connectivity index (χ4v) is 2.31. The van der Waals surface area contributed by atoms with Gasteiger partial charge in [-0.3, -0.25) is 4.99 Å². The van der Waals surface area contributed by atoms with Crippen LogP contribution in [0.4, 0.5) is 0 Å². The van der Waals surface area contributed by atoms with Crippen LogP contribution in [-0.4, -0.2) is 55.0 Å². The molecule has 2 rings (SSSR count). The molecule has 0 amide bonds. The molecule has 4 heteroatoms. The fourth-order valence-electron chi connectivity index (χ4n) is 2.31. The summed E-state index contributed by atoms with van der Waals surface area (Å²) < 4.78 is 0. The van der Waals surface area contributed by atoms with Gasteiger partial charge in [0, 0.05) is 13.1 Å². The fraction of sp³-hybridized carbons (Fsp3) is 0.900.